The normalized spacial score (nSPS) is 14.4. The molecule has 0 N–H and O–H groups in total. The van der Waals surface area contributed by atoms with Crippen molar-refractivity contribution in [1.29, 1.82) is 0 Å². The molecule has 1 saturated heterocycles. The van der Waals surface area contributed by atoms with Gasteiger partial charge in [-0.05, 0) is 28.1 Å². The first-order valence-electron chi connectivity index (χ1n) is 10.4. The highest BCUT2D eigenvalue weighted by Crippen LogP contribution is 2.40. The van der Waals surface area contributed by atoms with Crippen molar-refractivity contribution in [3.8, 4) is 17.0 Å². The van der Waals surface area contributed by atoms with E-state index >= 15 is 0 Å². The van der Waals surface area contributed by atoms with E-state index in [9.17, 15) is 18.0 Å². The van der Waals surface area contributed by atoms with Crippen LogP contribution in [0.4, 0.5) is 18.9 Å². The van der Waals surface area contributed by atoms with Crippen molar-refractivity contribution in [3.05, 3.63) is 63.7 Å². The summed E-state index contributed by atoms with van der Waals surface area (Å²) in [5.74, 6) is 0.129. The number of piperazine rings is 1. The summed E-state index contributed by atoms with van der Waals surface area (Å²) in [6.07, 6.45) is -4.68. The Labute approximate surface area is 208 Å². The van der Waals surface area contributed by atoms with Gasteiger partial charge in [-0.3, -0.25) is 4.79 Å². The number of carbonyl (C=O) groups excluding carboxylic acids is 1. The molecule has 3 aromatic rings. The maximum Gasteiger partial charge on any atom is 0.434 e. The largest absolute Gasteiger partial charge is 0.495 e. The van der Waals surface area contributed by atoms with E-state index in [1.807, 2.05) is 12.1 Å². The van der Waals surface area contributed by atoms with Crippen molar-refractivity contribution < 1.29 is 22.7 Å². The molecule has 1 fully saturated rings. The van der Waals surface area contributed by atoms with Crippen molar-refractivity contribution >= 4 is 39.1 Å². The van der Waals surface area contributed by atoms with E-state index in [0.29, 0.717) is 42.5 Å². The van der Waals surface area contributed by atoms with Gasteiger partial charge in [0.2, 0.25) is 5.91 Å². The number of rotatable bonds is 5. The van der Waals surface area contributed by atoms with Gasteiger partial charge in [-0.1, -0.05) is 41.9 Å². The second-order valence-electron chi connectivity index (χ2n) is 7.72. The zero-order valence-electron chi connectivity index (χ0n) is 18.1. The molecule has 1 aliphatic rings. The van der Waals surface area contributed by atoms with Gasteiger partial charge in [0.25, 0.3) is 0 Å². The molecule has 0 atom stereocenters. The monoisotopic (exact) mass is 556 g/mol. The molecule has 0 saturated carbocycles. The second-order valence-corrected chi connectivity index (χ2v) is 8.92. The standard InChI is InChI=1S/C23H21BrClF3N4O2/c1-34-18-13-16(7-8-17(18)25)30-9-11-31(12-10-30)19(33)14-32-22(23(26,27)28)20(24)21(29-32)15-5-3-2-4-6-15/h2-8,13H,9-12,14H2,1H3. The number of carbonyl (C=O) groups is 1. The van der Waals surface area contributed by atoms with Crippen LogP contribution in [0.15, 0.2) is 53.0 Å². The number of ether oxygens (including phenoxy) is 1. The minimum atomic E-state index is -4.68. The number of hydrogen-bond donors (Lipinski definition) is 0. The summed E-state index contributed by atoms with van der Waals surface area (Å²) < 4.78 is 47.3. The third kappa shape index (κ3) is 5.02. The Morgan fingerprint density at radius 3 is 2.41 bits per heavy atom. The Morgan fingerprint density at radius 1 is 1.12 bits per heavy atom. The van der Waals surface area contributed by atoms with Crippen LogP contribution < -0.4 is 9.64 Å². The molecular weight excluding hydrogens is 537 g/mol. The van der Waals surface area contributed by atoms with Crippen LogP contribution in [0.1, 0.15) is 5.69 Å². The summed E-state index contributed by atoms with van der Waals surface area (Å²) in [5, 5.41) is 4.64. The first-order chi connectivity index (χ1) is 16.2. The summed E-state index contributed by atoms with van der Waals surface area (Å²) in [7, 11) is 1.54. The fourth-order valence-electron chi connectivity index (χ4n) is 3.89. The summed E-state index contributed by atoms with van der Waals surface area (Å²) in [5.41, 5.74) is 0.586. The van der Waals surface area contributed by atoms with Gasteiger partial charge in [-0.2, -0.15) is 18.3 Å². The number of methoxy groups -OCH3 is 1. The first kappa shape index (κ1) is 24.4. The summed E-state index contributed by atoms with van der Waals surface area (Å²) in [4.78, 5) is 16.5. The van der Waals surface area contributed by atoms with Crippen molar-refractivity contribution in [2.24, 2.45) is 0 Å². The van der Waals surface area contributed by atoms with Crippen LogP contribution in [0, 0.1) is 0 Å². The van der Waals surface area contributed by atoms with Crippen LogP contribution in [0.25, 0.3) is 11.3 Å². The Hall–Kier alpha value is -2.72. The lowest BCUT2D eigenvalue weighted by molar-refractivity contribution is -0.146. The molecule has 0 aliphatic carbocycles. The molecule has 34 heavy (non-hydrogen) atoms. The Morgan fingerprint density at radius 2 is 1.79 bits per heavy atom. The van der Waals surface area contributed by atoms with E-state index in [0.717, 1.165) is 10.4 Å². The predicted molar refractivity (Wildman–Crippen MR) is 127 cm³/mol. The van der Waals surface area contributed by atoms with Crippen LogP contribution in [0.2, 0.25) is 5.02 Å². The third-order valence-electron chi connectivity index (χ3n) is 5.63. The smallest absolute Gasteiger partial charge is 0.434 e. The number of nitrogens with zero attached hydrogens (tertiary/aromatic N) is 4. The van der Waals surface area contributed by atoms with Gasteiger partial charge in [0.05, 0.1) is 16.6 Å². The topological polar surface area (TPSA) is 50.6 Å². The van der Waals surface area contributed by atoms with Crippen LogP contribution in [0.5, 0.6) is 5.75 Å². The first-order valence-corrected chi connectivity index (χ1v) is 11.6. The zero-order valence-corrected chi connectivity index (χ0v) is 20.5. The number of halogens is 5. The summed E-state index contributed by atoms with van der Waals surface area (Å²) in [6.45, 7) is 1.30. The SMILES string of the molecule is COc1cc(N2CCN(C(=O)Cn3nc(-c4ccccc4)c(Br)c3C(F)(F)F)CC2)ccc1Cl. The Kier molecular flexibility index (Phi) is 7.09. The number of hydrogen-bond acceptors (Lipinski definition) is 4. The highest BCUT2D eigenvalue weighted by Gasteiger charge is 2.40. The molecule has 1 amide bonds. The molecule has 4 rings (SSSR count). The van der Waals surface area contributed by atoms with Gasteiger partial charge in [-0.15, -0.1) is 0 Å². The Bertz CT molecular complexity index is 1180. The number of alkyl halides is 3. The number of aromatic nitrogens is 2. The van der Waals surface area contributed by atoms with E-state index in [4.69, 9.17) is 16.3 Å². The minimum absolute atomic E-state index is 0.141. The van der Waals surface area contributed by atoms with E-state index in [1.165, 1.54) is 7.11 Å². The van der Waals surface area contributed by atoms with E-state index in [2.05, 4.69) is 25.9 Å². The quantitative estimate of drug-likeness (QED) is 0.425. The summed E-state index contributed by atoms with van der Waals surface area (Å²) in [6, 6.07) is 14.0. The van der Waals surface area contributed by atoms with Gasteiger partial charge < -0.3 is 14.5 Å². The lowest BCUT2D eigenvalue weighted by Gasteiger charge is -2.36. The molecule has 0 radical (unpaired) electrons. The maximum absolute atomic E-state index is 13.8. The average Bonchev–Trinajstić information content (AvgIpc) is 3.16. The highest BCUT2D eigenvalue weighted by atomic mass is 79.9. The van der Waals surface area contributed by atoms with Crippen LogP contribution in [-0.2, 0) is 17.5 Å². The molecular formula is C23H21BrClF3N4O2. The number of amides is 1. The van der Waals surface area contributed by atoms with Gasteiger partial charge in [-0.25, -0.2) is 4.68 Å². The lowest BCUT2D eigenvalue weighted by atomic mass is 10.1. The van der Waals surface area contributed by atoms with Gasteiger partial charge in [0.1, 0.15) is 18.0 Å². The third-order valence-corrected chi connectivity index (χ3v) is 6.69. The van der Waals surface area contributed by atoms with E-state index < -0.39 is 24.3 Å². The van der Waals surface area contributed by atoms with Crippen molar-refractivity contribution in [3.63, 3.8) is 0 Å². The van der Waals surface area contributed by atoms with Crippen LogP contribution in [0.3, 0.4) is 0 Å². The highest BCUT2D eigenvalue weighted by molar-refractivity contribution is 9.10. The van der Waals surface area contributed by atoms with Gasteiger partial charge in [0, 0.05) is 43.5 Å². The number of benzene rings is 2. The lowest BCUT2D eigenvalue weighted by Crippen LogP contribution is -2.49. The molecule has 1 aliphatic heterocycles. The molecule has 0 unspecified atom stereocenters. The fraction of sp³-hybridized carbons (Fsp3) is 0.304. The Balaban J connectivity index is 1.49. The van der Waals surface area contributed by atoms with Crippen molar-refractivity contribution in [2.75, 3.05) is 38.2 Å². The molecule has 180 valence electrons. The molecule has 2 heterocycles. The molecule has 6 nitrogen and oxygen atoms in total. The summed E-state index contributed by atoms with van der Waals surface area (Å²) >= 11 is 9.14. The molecule has 0 spiro atoms. The van der Waals surface area contributed by atoms with Crippen molar-refractivity contribution in [1.82, 2.24) is 14.7 Å². The minimum Gasteiger partial charge on any atom is -0.495 e. The molecule has 1 aromatic heterocycles. The van der Waals surface area contributed by atoms with Gasteiger partial charge >= 0.3 is 6.18 Å². The molecule has 11 heteroatoms. The van der Waals surface area contributed by atoms with Crippen LogP contribution in [-0.4, -0.2) is 53.9 Å². The maximum atomic E-state index is 13.8. The van der Waals surface area contributed by atoms with E-state index in [1.54, 1.807) is 41.3 Å². The molecule has 2 aromatic carbocycles. The molecule has 0 bridgehead atoms. The predicted octanol–water partition coefficient (Wildman–Crippen LogP) is 5.34. The van der Waals surface area contributed by atoms with Crippen molar-refractivity contribution in [2.45, 2.75) is 12.7 Å². The van der Waals surface area contributed by atoms with Gasteiger partial charge in [0.15, 0.2) is 5.69 Å². The zero-order chi connectivity index (χ0) is 24.5. The van der Waals surface area contributed by atoms with Crippen LogP contribution >= 0.6 is 27.5 Å². The second kappa shape index (κ2) is 9.87. The average molecular weight is 558 g/mol. The van der Waals surface area contributed by atoms with E-state index in [-0.39, 0.29) is 10.2 Å². The fourth-order valence-corrected chi connectivity index (χ4v) is 4.83. The number of anilines is 1.